The molecule has 0 aliphatic rings. The molecule has 2 heterocycles. The van der Waals surface area contributed by atoms with Crippen LogP contribution in [0, 0.1) is 0 Å². The lowest BCUT2D eigenvalue weighted by atomic mass is 10.2. The highest BCUT2D eigenvalue weighted by atomic mass is 32.1. The molecule has 0 spiro atoms. The Labute approximate surface area is 105 Å². The molecule has 2 rings (SSSR count). The zero-order valence-corrected chi connectivity index (χ0v) is 10.7. The van der Waals surface area contributed by atoms with Crippen LogP contribution in [-0.2, 0) is 6.42 Å². The van der Waals surface area contributed by atoms with Crippen molar-refractivity contribution in [2.45, 2.75) is 19.4 Å². The Kier molecular flexibility index (Phi) is 3.93. The molecule has 90 valence electrons. The van der Waals surface area contributed by atoms with E-state index in [0.717, 1.165) is 12.2 Å². The molecule has 2 aromatic heterocycles. The van der Waals surface area contributed by atoms with Gasteiger partial charge >= 0.3 is 0 Å². The lowest BCUT2D eigenvalue weighted by molar-refractivity contribution is 0.397. The van der Waals surface area contributed by atoms with Crippen LogP contribution in [0.3, 0.4) is 0 Å². The Morgan fingerprint density at radius 2 is 2.35 bits per heavy atom. The summed E-state index contributed by atoms with van der Waals surface area (Å²) in [7, 11) is 1.60. The molecule has 0 radical (unpaired) electrons. The number of aromatic nitrogens is 2. The van der Waals surface area contributed by atoms with Gasteiger partial charge in [0.2, 0.25) is 5.88 Å². The summed E-state index contributed by atoms with van der Waals surface area (Å²) in [4.78, 5) is 9.49. The molecule has 4 nitrogen and oxygen atoms in total. The zero-order valence-electron chi connectivity index (χ0n) is 9.88. The van der Waals surface area contributed by atoms with Crippen LogP contribution in [-0.4, -0.2) is 23.1 Å². The number of ether oxygens (including phenoxy) is 1. The molecule has 0 amide bonds. The molecule has 0 aromatic carbocycles. The van der Waals surface area contributed by atoms with E-state index in [1.165, 1.54) is 11.2 Å². The summed E-state index contributed by atoms with van der Waals surface area (Å²) in [6.07, 6.45) is 2.49. The van der Waals surface area contributed by atoms with Crippen LogP contribution < -0.4 is 10.1 Å². The molecular weight excluding hydrogens is 234 g/mol. The third-order valence-corrected chi connectivity index (χ3v) is 3.23. The van der Waals surface area contributed by atoms with Crippen molar-refractivity contribution in [1.29, 1.82) is 0 Å². The Morgan fingerprint density at radius 1 is 1.47 bits per heavy atom. The van der Waals surface area contributed by atoms with Crippen LogP contribution in [0.2, 0.25) is 0 Å². The fourth-order valence-electron chi connectivity index (χ4n) is 1.56. The van der Waals surface area contributed by atoms with E-state index in [9.17, 15) is 0 Å². The van der Waals surface area contributed by atoms with Crippen LogP contribution in [0.5, 0.6) is 5.88 Å². The van der Waals surface area contributed by atoms with Crippen molar-refractivity contribution in [1.82, 2.24) is 9.97 Å². The number of hydrogen-bond donors (Lipinski definition) is 1. The summed E-state index contributed by atoms with van der Waals surface area (Å²) < 4.78 is 5.05. The van der Waals surface area contributed by atoms with Gasteiger partial charge in [-0.2, -0.15) is 0 Å². The average Bonchev–Trinajstić information content (AvgIpc) is 2.82. The maximum absolute atomic E-state index is 5.05. The monoisotopic (exact) mass is 249 g/mol. The van der Waals surface area contributed by atoms with E-state index < -0.39 is 0 Å². The van der Waals surface area contributed by atoms with Gasteiger partial charge in [-0.15, -0.1) is 11.3 Å². The topological polar surface area (TPSA) is 47.0 Å². The van der Waals surface area contributed by atoms with Gasteiger partial charge in [0.1, 0.15) is 12.1 Å². The molecule has 0 aliphatic heterocycles. The van der Waals surface area contributed by atoms with Gasteiger partial charge in [-0.1, -0.05) is 6.07 Å². The highest BCUT2D eigenvalue weighted by Gasteiger charge is 2.06. The van der Waals surface area contributed by atoms with Crippen molar-refractivity contribution in [3.8, 4) is 5.88 Å². The second-order valence-electron chi connectivity index (χ2n) is 3.77. The number of methoxy groups -OCH3 is 1. The largest absolute Gasteiger partial charge is 0.481 e. The van der Waals surface area contributed by atoms with Crippen molar-refractivity contribution in [3.05, 3.63) is 34.8 Å². The third kappa shape index (κ3) is 3.42. The maximum atomic E-state index is 5.05. The van der Waals surface area contributed by atoms with Gasteiger partial charge in [0.05, 0.1) is 7.11 Å². The van der Waals surface area contributed by atoms with Crippen LogP contribution in [0.4, 0.5) is 5.82 Å². The average molecular weight is 249 g/mol. The highest BCUT2D eigenvalue weighted by Crippen LogP contribution is 2.15. The number of anilines is 1. The minimum Gasteiger partial charge on any atom is -0.481 e. The molecule has 0 saturated carbocycles. The molecule has 17 heavy (non-hydrogen) atoms. The van der Waals surface area contributed by atoms with Crippen molar-refractivity contribution < 1.29 is 4.74 Å². The predicted molar refractivity (Wildman–Crippen MR) is 69.7 cm³/mol. The van der Waals surface area contributed by atoms with E-state index in [1.54, 1.807) is 24.5 Å². The summed E-state index contributed by atoms with van der Waals surface area (Å²) in [5.74, 6) is 1.37. The van der Waals surface area contributed by atoms with Crippen LogP contribution >= 0.6 is 11.3 Å². The maximum Gasteiger partial charge on any atom is 0.218 e. The molecule has 0 saturated heterocycles. The quantitative estimate of drug-likeness (QED) is 0.884. The summed E-state index contributed by atoms with van der Waals surface area (Å²) in [6, 6.07) is 6.34. The smallest absolute Gasteiger partial charge is 0.218 e. The first-order chi connectivity index (χ1) is 8.28. The third-order valence-electron chi connectivity index (χ3n) is 2.33. The van der Waals surface area contributed by atoms with Gasteiger partial charge in [0.15, 0.2) is 0 Å². The molecule has 1 atom stereocenters. The van der Waals surface area contributed by atoms with Crippen molar-refractivity contribution in [2.24, 2.45) is 0 Å². The lowest BCUT2D eigenvalue weighted by Gasteiger charge is -2.13. The summed E-state index contributed by atoms with van der Waals surface area (Å²) in [5, 5.41) is 5.42. The first-order valence-electron chi connectivity index (χ1n) is 5.43. The number of thiophene rings is 1. The molecule has 1 N–H and O–H groups in total. The Morgan fingerprint density at radius 3 is 3.06 bits per heavy atom. The van der Waals surface area contributed by atoms with Crippen molar-refractivity contribution in [3.63, 3.8) is 0 Å². The van der Waals surface area contributed by atoms with Crippen molar-refractivity contribution in [2.75, 3.05) is 12.4 Å². The molecule has 2 aromatic rings. The van der Waals surface area contributed by atoms with E-state index in [2.05, 4.69) is 39.7 Å². The van der Waals surface area contributed by atoms with Gasteiger partial charge in [0, 0.05) is 23.4 Å². The molecule has 0 fully saturated rings. The van der Waals surface area contributed by atoms with E-state index in [4.69, 9.17) is 4.74 Å². The van der Waals surface area contributed by atoms with E-state index in [0.29, 0.717) is 11.9 Å². The Bertz CT molecular complexity index is 459. The second-order valence-corrected chi connectivity index (χ2v) is 4.81. The van der Waals surface area contributed by atoms with Gasteiger partial charge in [-0.25, -0.2) is 9.97 Å². The van der Waals surface area contributed by atoms with Gasteiger partial charge in [0.25, 0.3) is 0 Å². The van der Waals surface area contributed by atoms with Gasteiger partial charge < -0.3 is 10.1 Å². The molecular formula is C12H15N3OS. The number of nitrogens with zero attached hydrogens (tertiary/aromatic N) is 2. The number of rotatable bonds is 5. The molecule has 1 unspecified atom stereocenters. The first-order valence-corrected chi connectivity index (χ1v) is 6.31. The van der Waals surface area contributed by atoms with Gasteiger partial charge in [-0.05, 0) is 18.4 Å². The molecule has 5 heteroatoms. The van der Waals surface area contributed by atoms with Crippen LogP contribution in [0.25, 0.3) is 0 Å². The minimum atomic E-state index is 0.327. The summed E-state index contributed by atoms with van der Waals surface area (Å²) >= 11 is 1.77. The predicted octanol–water partition coefficient (Wildman–Crippen LogP) is 2.59. The summed E-state index contributed by atoms with van der Waals surface area (Å²) in [5.41, 5.74) is 0. The highest BCUT2D eigenvalue weighted by molar-refractivity contribution is 7.09. The fourth-order valence-corrected chi connectivity index (χ4v) is 2.40. The SMILES string of the molecule is COc1cc(NC(C)Cc2cccs2)ncn1. The Hall–Kier alpha value is -1.62. The van der Waals surface area contributed by atoms with Crippen LogP contribution in [0.15, 0.2) is 29.9 Å². The fraction of sp³-hybridized carbons (Fsp3) is 0.333. The molecule has 0 bridgehead atoms. The minimum absolute atomic E-state index is 0.327. The second kappa shape index (κ2) is 5.63. The Balaban J connectivity index is 1.95. The van der Waals surface area contributed by atoms with Gasteiger partial charge in [-0.3, -0.25) is 0 Å². The number of nitrogens with one attached hydrogen (secondary N) is 1. The lowest BCUT2D eigenvalue weighted by Crippen LogP contribution is -2.18. The van der Waals surface area contributed by atoms with Crippen LogP contribution in [0.1, 0.15) is 11.8 Å². The first kappa shape index (κ1) is 11.9. The van der Waals surface area contributed by atoms with E-state index in [-0.39, 0.29) is 0 Å². The van der Waals surface area contributed by atoms with E-state index >= 15 is 0 Å². The zero-order chi connectivity index (χ0) is 12.1. The summed E-state index contributed by atoms with van der Waals surface area (Å²) in [6.45, 7) is 2.13. The standard InChI is InChI=1S/C12H15N3OS/c1-9(6-10-4-3-5-17-10)15-11-7-12(16-2)14-8-13-11/h3-5,7-9H,6H2,1-2H3,(H,13,14,15). The van der Waals surface area contributed by atoms with Crippen molar-refractivity contribution >= 4 is 17.2 Å². The number of hydrogen-bond acceptors (Lipinski definition) is 5. The molecule has 0 aliphatic carbocycles. The van der Waals surface area contributed by atoms with E-state index in [1.807, 2.05) is 0 Å². The normalized spacial score (nSPS) is 12.1.